The molecule has 2 aliphatic rings. The summed E-state index contributed by atoms with van der Waals surface area (Å²) in [6.45, 7) is 4.01. The Bertz CT molecular complexity index is 427. The molecule has 1 aromatic carbocycles. The Morgan fingerprint density at radius 2 is 2.22 bits per heavy atom. The Morgan fingerprint density at radius 3 is 3.00 bits per heavy atom. The van der Waals surface area contributed by atoms with Crippen LogP contribution in [-0.2, 0) is 11.2 Å². The highest BCUT2D eigenvalue weighted by Gasteiger charge is 2.22. The van der Waals surface area contributed by atoms with Gasteiger partial charge in [-0.1, -0.05) is 0 Å². The molecule has 0 aliphatic carbocycles. The van der Waals surface area contributed by atoms with Gasteiger partial charge in [-0.2, -0.15) is 0 Å². The molecule has 3 heteroatoms. The standard InChI is InChI=1S/C15H22N2O/c1-11-3-4-12-9-13(5-6-15(12)16-11)17(2)14-7-8-18-10-14/h5-6,9,11,14,16H,3-4,7-8,10H2,1-2H3. The molecule has 0 radical (unpaired) electrons. The number of hydrogen-bond donors (Lipinski definition) is 1. The van der Waals surface area contributed by atoms with Crippen molar-refractivity contribution in [3.63, 3.8) is 0 Å². The molecule has 0 aromatic heterocycles. The second-order valence-corrected chi connectivity index (χ2v) is 5.55. The van der Waals surface area contributed by atoms with Crippen LogP contribution in [0.15, 0.2) is 18.2 Å². The Balaban J connectivity index is 1.81. The number of rotatable bonds is 2. The third kappa shape index (κ3) is 2.19. The van der Waals surface area contributed by atoms with Crippen molar-refractivity contribution in [2.75, 3.05) is 30.5 Å². The van der Waals surface area contributed by atoms with Crippen molar-refractivity contribution in [2.45, 2.75) is 38.3 Å². The van der Waals surface area contributed by atoms with Gasteiger partial charge < -0.3 is 15.0 Å². The molecule has 2 aliphatic heterocycles. The fourth-order valence-electron chi connectivity index (χ4n) is 2.90. The van der Waals surface area contributed by atoms with E-state index in [0.29, 0.717) is 12.1 Å². The molecule has 0 saturated carbocycles. The van der Waals surface area contributed by atoms with Gasteiger partial charge in [0.25, 0.3) is 0 Å². The van der Waals surface area contributed by atoms with E-state index in [4.69, 9.17) is 4.74 Å². The molecule has 2 heterocycles. The smallest absolute Gasteiger partial charge is 0.0670 e. The number of anilines is 2. The maximum absolute atomic E-state index is 5.47. The summed E-state index contributed by atoms with van der Waals surface area (Å²) < 4.78 is 5.47. The lowest BCUT2D eigenvalue weighted by molar-refractivity contribution is 0.193. The second kappa shape index (κ2) is 4.81. The van der Waals surface area contributed by atoms with Gasteiger partial charge in [-0.3, -0.25) is 0 Å². The molecule has 1 saturated heterocycles. The molecule has 0 bridgehead atoms. The highest BCUT2D eigenvalue weighted by molar-refractivity contribution is 5.62. The summed E-state index contributed by atoms with van der Waals surface area (Å²) in [6, 6.07) is 7.93. The average Bonchev–Trinajstić information content (AvgIpc) is 2.91. The summed E-state index contributed by atoms with van der Waals surface area (Å²) in [5.41, 5.74) is 4.09. The lowest BCUT2D eigenvalue weighted by Gasteiger charge is -2.29. The minimum atomic E-state index is 0.540. The van der Waals surface area contributed by atoms with Crippen molar-refractivity contribution < 1.29 is 4.74 Å². The first kappa shape index (κ1) is 11.8. The van der Waals surface area contributed by atoms with Crippen LogP contribution in [-0.4, -0.2) is 32.3 Å². The number of fused-ring (bicyclic) bond motifs is 1. The van der Waals surface area contributed by atoms with Gasteiger partial charge in [0.05, 0.1) is 12.6 Å². The Labute approximate surface area is 109 Å². The molecular weight excluding hydrogens is 224 g/mol. The van der Waals surface area contributed by atoms with Crippen molar-refractivity contribution in [3.8, 4) is 0 Å². The molecule has 0 spiro atoms. The topological polar surface area (TPSA) is 24.5 Å². The van der Waals surface area contributed by atoms with E-state index in [9.17, 15) is 0 Å². The molecule has 18 heavy (non-hydrogen) atoms. The number of benzene rings is 1. The fourth-order valence-corrected chi connectivity index (χ4v) is 2.90. The number of nitrogens with zero attached hydrogens (tertiary/aromatic N) is 1. The SMILES string of the molecule is CC1CCc2cc(N(C)C3CCOC3)ccc2N1. The zero-order valence-corrected chi connectivity index (χ0v) is 11.3. The van der Waals surface area contributed by atoms with Crippen LogP contribution in [0.1, 0.15) is 25.3 Å². The van der Waals surface area contributed by atoms with E-state index in [1.807, 2.05) is 0 Å². The molecule has 1 N–H and O–H groups in total. The van der Waals surface area contributed by atoms with E-state index in [1.54, 1.807) is 0 Å². The number of aryl methyl sites for hydroxylation is 1. The highest BCUT2D eigenvalue weighted by Crippen LogP contribution is 2.30. The lowest BCUT2D eigenvalue weighted by Crippen LogP contribution is -2.32. The normalized spacial score (nSPS) is 26.6. The van der Waals surface area contributed by atoms with Crippen molar-refractivity contribution in [3.05, 3.63) is 23.8 Å². The maximum atomic E-state index is 5.47. The predicted octanol–water partition coefficient (Wildman–Crippen LogP) is 2.66. The van der Waals surface area contributed by atoms with Gasteiger partial charge in [0.2, 0.25) is 0 Å². The summed E-state index contributed by atoms with van der Waals surface area (Å²) in [4.78, 5) is 2.37. The number of hydrogen-bond acceptors (Lipinski definition) is 3. The molecule has 2 unspecified atom stereocenters. The summed E-state index contributed by atoms with van der Waals surface area (Å²) in [5, 5.41) is 3.55. The third-order valence-electron chi connectivity index (χ3n) is 4.20. The van der Waals surface area contributed by atoms with Crippen molar-refractivity contribution in [2.24, 2.45) is 0 Å². The molecular formula is C15H22N2O. The zero-order valence-electron chi connectivity index (χ0n) is 11.3. The van der Waals surface area contributed by atoms with Crippen molar-refractivity contribution in [1.82, 2.24) is 0 Å². The first-order chi connectivity index (χ1) is 8.74. The average molecular weight is 246 g/mol. The van der Waals surface area contributed by atoms with Crippen LogP contribution < -0.4 is 10.2 Å². The predicted molar refractivity (Wildman–Crippen MR) is 75.5 cm³/mol. The molecule has 1 fully saturated rings. The molecule has 0 amide bonds. The lowest BCUT2D eigenvalue weighted by atomic mass is 9.98. The molecule has 98 valence electrons. The van der Waals surface area contributed by atoms with Crippen LogP contribution in [0.2, 0.25) is 0 Å². The van der Waals surface area contributed by atoms with Crippen LogP contribution in [0, 0.1) is 0 Å². The van der Waals surface area contributed by atoms with E-state index in [-0.39, 0.29) is 0 Å². The van der Waals surface area contributed by atoms with E-state index < -0.39 is 0 Å². The summed E-state index contributed by atoms with van der Waals surface area (Å²) >= 11 is 0. The van der Waals surface area contributed by atoms with Gasteiger partial charge in [-0.25, -0.2) is 0 Å². The van der Waals surface area contributed by atoms with Gasteiger partial charge in [0.1, 0.15) is 0 Å². The first-order valence-electron chi connectivity index (χ1n) is 6.94. The van der Waals surface area contributed by atoms with Crippen molar-refractivity contribution in [1.29, 1.82) is 0 Å². The summed E-state index contributed by atoms with van der Waals surface area (Å²) in [6.07, 6.45) is 3.56. The minimum absolute atomic E-state index is 0.540. The van der Waals surface area contributed by atoms with Crippen molar-refractivity contribution >= 4 is 11.4 Å². The van der Waals surface area contributed by atoms with Gasteiger partial charge >= 0.3 is 0 Å². The molecule has 3 rings (SSSR count). The third-order valence-corrected chi connectivity index (χ3v) is 4.20. The largest absolute Gasteiger partial charge is 0.382 e. The minimum Gasteiger partial charge on any atom is -0.382 e. The van der Waals surface area contributed by atoms with Gasteiger partial charge in [-0.15, -0.1) is 0 Å². The first-order valence-corrected chi connectivity index (χ1v) is 6.94. The van der Waals surface area contributed by atoms with Gasteiger partial charge in [0.15, 0.2) is 0 Å². The van der Waals surface area contributed by atoms with Crippen LogP contribution in [0.5, 0.6) is 0 Å². The molecule has 2 atom stereocenters. The van der Waals surface area contributed by atoms with Crippen LogP contribution in [0.25, 0.3) is 0 Å². The van der Waals surface area contributed by atoms with Gasteiger partial charge in [0, 0.05) is 31.1 Å². The molecule has 1 aromatic rings. The fraction of sp³-hybridized carbons (Fsp3) is 0.600. The number of likely N-dealkylation sites (N-methyl/N-ethyl adjacent to an activating group) is 1. The number of ether oxygens (including phenoxy) is 1. The second-order valence-electron chi connectivity index (χ2n) is 5.55. The van der Waals surface area contributed by atoms with Crippen LogP contribution in [0.3, 0.4) is 0 Å². The monoisotopic (exact) mass is 246 g/mol. The maximum Gasteiger partial charge on any atom is 0.0670 e. The quantitative estimate of drug-likeness (QED) is 0.868. The Morgan fingerprint density at radius 1 is 1.33 bits per heavy atom. The van der Waals surface area contributed by atoms with Crippen LogP contribution in [0.4, 0.5) is 11.4 Å². The van der Waals surface area contributed by atoms with E-state index in [1.165, 1.54) is 29.8 Å². The van der Waals surface area contributed by atoms with Crippen LogP contribution >= 0.6 is 0 Å². The zero-order chi connectivity index (χ0) is 12.5. The summed E-state index contributed by atoms with van der Waals surface area (Å²) in [5.74, 6) is 0. The molecule has 3 nitrogen and oxygen atoms in total. The van der Waals surface area contributed by atoms with Gasteiger partial charge in [-0.05, 0) is 49.9 Å². The van der Waals surface area contributed by atoms with E-state index >= 15 is 0 Å². The Hall–Kier alpha value is -1.22. The number of nitrogens with one attached hydrogen (secondary N) is 1. The summed E-state index contributed by atoms with van der Waals surface area (Å²) in [7, 11) is 2.18. The van der Waals surface area contributed by atoms with E-state index in [0.717, 1.165) is 19.6 Å². The Kier molecular flexibility index (Phi) is 3.16. The highest BCUT2D eigenvalue weighted by atomic mass is 16.5. The van der Waals surface area contributed by atoms with E-state index in [2.05, 4.69) is 42.4 Å².